The standard InChI is InChI=1S/C19H22FN3O2/c1-23(12-14-9-11-25-13-14)19(24)22-18(17-4-2-3-10-21-17)15-5-7-16(20)8-6-15/h2-8,10,14,18H,9,11-13H2,1H3,(H,22,24)/t14-,18+/m1/s1. The van der Waals surface area contributed by atoms with Gasteiger partial charge in [-0.25, -0.2) is 9.18 Å². The Labute approximate surface area is 146 Å². The fourth-order valence-corrected chi connectivity index (χ4v) is 2.96. The van der Waals surface area contributed by atoms with Crippen LogP contribution in [0.3, 0.4) is 0 Å². The SMILES string of the molecule is CN(C[C@H]1CCOC1)C(=O)N[C@@H](c1ccc(F)cc1)c1ccccn1. The Morgan fingerprint density at radius 1 is 1.36 bits per heavy atom. The fraction of sp³-hybridized carbons (Fsp3) is 0.368. The minimum atomic E-state index is -0.434. The van der Waals surface area contributed by atoms with Crippen LogP contribution < -0.4 is 5.32 Å². The van der Waals surface area contributed by atoms with E-state index >= 15 is 0 Å². The van der Waals surface area contributed by atoms with E-state index in [9.17, 15) is 9.18 Å². The second kappa shape index (κ2) is 8.07. The van der Waals surface area contributed by atoms with Crippen LogP contribution in [-0.4, -0.2) is 42.7 Å². The van der Waals surface area contributed by atoms with Gasteiger partial charge >= 0.3 is 6.03 Å². The molecule has 0 unspecified atom stereocenters. The Bertz CT molecular complexity index is 688. The monoisotopic (exact) mass is 343 g/mol. The number of hydrogen-bond donors (Lipinski definition) is 1. The zero-order chi connectivity index (χ0) is 17.6. The Hall–Kier alpha value is -2.47. The minimum absolute atomic E-state index is 0.188. The maximum Gasteiger partial charge on any atom is 0.317 e. The van der Waals surface area contributed by atoms with E-state index in [1.807, 2.05) is 18.2 Å². The predicted octanol–water partition coefficient (Wildman–Crippen LogP) is 2.99. The third-order valence-corrected chi connectivity index (χ3v) is 4.36. The quantitative estimate of drug-likeness (QED) is 0.908. The lowest BCUT2D eigenvalue weighted by atomic mass is 10.0. The van der Waals surface area contributed by atoms with Gasteiger partial charge in [0.15, 0.2) is 0 Å². The molecule has 1 fully saturated rings. The number of nitrogens with one attached hydrogen (secondary N) is 1. The number of hydrogen-bond acceptors (Lipinski definition) is 3. The molecule has 25 heavy (non-hydrogen) atoms. The summed E-state index contributed by atoms with van der Waals surface area (Å²) in [6.45, 7) is 2.09. The molecule has 0 saturated carbocycles. The van der Waals surface area contributed by atoms with Crippen molar-refractivity contribution in [3.8, 4) is 0 Å². The van der Waals surface area contributed by atoms with Gasteiger partial charge in [0, 0.05) is 32.3 Å². The molecule has 0 spiro atoms. The number of urea groups is 1. The van der Waals surface area contributed by atoms with Crippen molar-refractivity contribution in [2.24, 2.45) is 5.92 Å². The molecule has 0 bridgehead atoms. The van der Waals surface area contributed by atoms with Crippen molar-refractivity contribution >= 4 is 6.03 Å². The van der Waals surface area contributed by atoms with Gasteiger partial charge < -0.3 is 15.0 Å². The maximum atomic E-state index is 13.2. The molecule has 1 saturated heterocycles. The lowest BCUT2D eigenvalue weighted by Crippen LogP contribution is -2.42. The number of rotatable bonds is 5. The van der Waals surface area contributed by atoms with Crippen LogP contribution in [0.5, 0.6) is 0 Å². The molecule has 0 aliphatic carbocycles. The highest BCUT2D eigenvalue weighted by atomic mass is 19.1. The van der Waals surface area contributed by atoms with Crippen molar-refractivity contribution in [1.29, 1.82) is 0 Å². The fourth-order valence-electron chi connectivity index (χ4n) is 2.96. The van der Waals surface area contributed by atoms with Crippen LogP contribution in [0.25, 0.3) is 0 Å². The molecule has 1 N–H and O–H groups in total. The third-order valence-electron chi connectivity index (χ3n) is 4.36. The zero-order valence-corrected chi connectivity index (χ0v) is 14.2. The smallest absolute Gasteiger partial charge is 0.317 e. The molecule has 132 valence electrons. The second-order valence-electron chi connectivity index (χ2n) is 6.30. The summed E-state index contributed by atoms with van der Waals surface area (Å²) in [4.78, 5) is 18.6. The average molecular weight is 343 g/mol. The molecular formula is C19H22FN3O2. The lowest BCUT2D eigenvalue weighted by Gasteiger charge is -2.25. The highest BCUT2D eigenvalue weighted by Crippen LogP contribution is 2.21. The number of carbonyl (C=O) groups is 1. The van der Waals surface area contributed by atoms with E-state index < -0.39 is 6.04 Å². The van der Waals surface area contributed by atoms with E-state index in [-0.39, 0.29) is 11.8 Å². The number of amides is 2. The van der Waals surface area contributed by atoms with Gasteiger partial charge in [-0.05, 0) is 36.2 Å². The van der Waals surface area contributed by atoms with Crippen molar-refractivity contribution in [1.82, 2.24) is 15.2 Å². The molecule has 1 aliphatic rings. The molecule has 2 aromatic rings. The summed E-state index contributed by atoms with van der Waals surface area (Å²) < 4.78 is 18.6. The van der Waals surface area contributed by atoms with E-state index in [0.29, 0.717) is 24.8 Å². The summed E-state index contributed by atoms with van der Waals surface area (Å²) >= 11 is 0. The van der Waals surface area contributed by atoms with E-state index in [0.717, 1.165) is 18.6 Å². The Balaban J connectivity index is 1.75. The summed E-state index contributed by atoms with van der Waals surface area (Å²) in [7, 11) is 1.77. The van der Waals surface area contributed by atoms with Crippen LogP contribution in [0.4, 0.5) is 9.18 Å². The number of benzene rings is 1. The minimum Gasteiger partial charge on any atom is -0.381 e. The molecule has 2 heterocycles. The molecule has 6 heteroatoms. The van der Waals surface area contributed by atoms with Gasteiger partial charge in [0.1, 0.15) is 5.82 Å². The second-order valence-corrected chi connectivity index (χ2v) is 6.30. The van der Waals surface area contributed by atoms with Crippen molar-refractivity contribution in [2.75, 3.05) is 26.8 Å². The maximum absolute atomic E-state index is 13.2. The van der Waals surface area contributed by atoms with E-state index in [1.54, 1.807) is 30.3 Å². The van der Waals surface area contributed by atoms with Gasteiger partial charge in [0.2, 0.25) is 0 Å². The van der Waals surface area contributed by atoms with Crippen molar-refractivity contribution < 1.29 is 13.9 Å². The molecule has 2 amide bonds. The zero-order valence-electron chi connectivity index (χ0n) is 14.2. The van der Waals surface area contributed by atoms with Crippen molar-refractivity contribution in [3.63, 3.8) is 0 Å². The molecule has 3 rings (SSSR count). The summed E-state index contributed by atoms with van der Waals surface area (Å²) in [6, 6.07) is 11.0. The molecule has 1 aliphatic heterocycles. The normalized spacial score (nSPS) is 17.9. The first kappa shape index (κ1) is 17.4. The molecule has 0 radical (unpaired) electrons. The predicted molar refractivity (Wildman–Crippen MR) is 92.6 cm³/mol. The average Bonchev–Trinajstić information content (AvgIpc) is 3.14. The number of pyridine rings is 1. The first-order chi connectivity index (χ1) is 12.1. The van der Waals surface area contributed by atoms with Crippen LogP contribution in [0.15, 0.2) is 48.7 Å². The van der Waals surface area contributed by atoms with E-state index in [4.69, 9.17) is 4.74 Å². The summed E-state index contributed by atoms with van der Waals surface area (Å²) in [5.41, 5.74) is 1.49. The number of halogens is 1. The first-order valence-corrected chi connectivity index (χ1v) is 8.39. The summed E-state index contributed by atoms with van der Waals surface area (Å²) in [6.07, 6.45) is 2.65. The molecule has 5 nitrogen and oxygen atoms in total. The van der Waals surface area contributed by atoms with Gasteiger partial charge in [-0.3, -0.25) is 4.98 Å². The van der Waals surface area contributed by atoms with Crippen molar-refractivity contribution in [3.05, 3.63) is 65.7 Å². The van der Waals surface area contributed by atoms with Crippen LogP contribution >= 0.6 is 0 Å². The van der Waals surface area contributed by atoms with E-state index in [2.05, 4.69) is 10.3 Å². The number of carbonyl (C=O) groups excluding carboxylic acids is 1. The summed E-state index contributed by atoms with van der Waals surface area (Å²) in [5, 5.41) is 3.00. The lowest BCUT2D eigenvalue weighted by molar-refractivity contribution is 0.171. The van der Waals surface area contributed by atoms with Gasteiger partial charge in [-0.1, -0.05) is 18.2 Å². The van der Waals surface area contributed by atoms with E-state index in [1.165, 1.54) is 12.1 Å². The Morgan fingerprint density at radius 3 is 2.80 bits per heavy atom. The van der Waals surface area contributed by atoms with Gasteiger partial charge in [0.25, 0.3) is 0 Å². The van der Waals surface area contributed by atoms with Crippen LogP contribution in [0.2, 0.25) is 0 Å². The number of ether oxygens (including phenoxy) is 1. The van der Waals surface area contributed by atoms with Gasteiger partial charge in [0.05, 0.1) is 18.3 Å². The molecule has 2 atom stereocenters. The number of aromatic nitrogens is 1. The van der Waals surface area contributed by atoms with Crippen LogP contribution in [0.1, 0.15) is 23.7 Å². The molecule has 1 aromatic carbocycles. The molecular weight excluding hydrogens is 321 g/mol. The number of nitrogens with zero attached hydrogens (tertiary/aromatic N) is 2. The highest BCUT2D eigenvalue weighted by molar-refractivity contribution is 5.75. The Morgan fingerprint density at radius 2 is 2.16 bits per heavy atom. The topological polar surface area (TPSA) is 54.5 Å². The van der Waals surface area contributed by atoms with Crippen LogP contribution in [-0.2, 0) is 4.74 Å². The third kappa shape index (κ3) is 4.54. The van der Waals surface area contributed by atoms with Gasteiger partial charge in [-0.2, -0.15) is 0 Å². The Kier molecular flexibility index (Phi) is 5.60. The summed E-state index contributed by atoms with van der Waals surface area (Å²) in [5.74, 6) is 0.0584. The van der Waals surface area contributed by atoms with Crippen molar-refractivity contribution in [2.45, 2.75) is 12.5 Å². The highest BCUT2D eigenvalue weighted by Gasteiger charge is 2.23. The van der Waals surface area contributed by atoms with Crippen LogP contribution in [0, 0.1) is 11.7 Å². The first-order valence-electron chi connectivity index (χ1n) is 8.39. The molecule has 1 aromatic heterocycles. The van der Waals surface area contributed by atoms with Gasteiger partial charge in [-0.15, -0.1) is 0 Å². The largest absolute Gasteiger partial charge is 0.381 e.